The van der Waals surface area contributed by atoms with E-state index in [1.54, 1.807) is 30.0 Å². The number of benzene rings is 1. The molecule has 21 heavy (non-hydrogen) atoms. The fraction of sp³-hybridized carbons (Fsp3) is 0.250. The van der Waals surface area contributed by atoms with Crippen LogP contribution in [-0.4, -0.2) is 23.6 Å². The number of carbonyl (C=O) groups excluding carboxylic acids is 1. The molecule has 2 rings (SSSR count). The summed E-state index contributed by atoms with van der Waals surface area (Å²) in [5.41, 5.74) is 0.565. The van der Waals surface area contributed by atoms with E-state index in [-0.39, 0.29) is 11.0 Å². The summed E-state index contributed by atoms with van der Waals surface area (Å²) in [5, 5.41) is 3.09. The Kier molecular flexibility index (Phi) is 4.42. The highest BCUT2D eigenvalue weighted by molar-refractivity contribution is 5.97. The van der Waals surface area contributed by atoms with Gasteiger partial charge in [-0.05, 0) is 25.1 Å². The van der Waals surface area contributed by atoms with Gasteiger partial charge in [0.15, 0.2) is 0 Å². The van der Waals surface area contributed by atoms with Crippen LogP contribution in [0.15, 0.2) is 41.8 Å². The van der Waals surface area contributed by atoms with Crippen LogP contribution in [0.25, 0.3) is 10.9 Å². The van der Waals surface area contributed by atoms with Crippen molar-refractivity contribution in [2.45, 2.75) is 6.92 Å². The first-order chi connectivity index (χ1) is 10.1. The molecule has 5 heteroatoms. The van der Waals surface area contributed by atoms with Crippen LogP contribution in [0.3, 0.4) is 0 Å². The second-order valence-electron chi connectivity index (χ2n) is 4.59. The highest BCUT2D eigenvalue weighted by Gasteiger charge is 2.14. The van der Waals surface area contributed by atoms with Gasteiger partial charge < -0.3 is 14.6 Å². The normalized spacial score (nSPS) is 10.4. The summed E-state index contributed by atoms with van der Waals surface area (Å²) in [6.45, 7) is 6.25. The molecule has 0 radical (unpaired) electrons. The van der Waals surface area contributed by atoms with Crippen molar-refractivity contribution in [2.75, 3.05) is 13.2 Å². The minimum atomic E-state index is -0.404. The molecule has 0 aliphatic carbocycles. The third-order valence-corrected chi connectivity index (χ3v) is 3.12. The standard InChI is InChI=1S/C16H18N2O3/c1-4-8-17-16(20)13-10-18(3)14-7-6-11(21-5-2)9-12(14)15(13)19/h4,6-7,9-10H,1,5,8H2,2-3H3,(H,17,20). The summed E-state index contributed by atoms with van der Waals surface area (Å²) >= 11 is 0. The maximum atomic E-state index is 12.5. The topological polar surface area (TPSA) is 60.3 Å². The number of rotatable bonds is 5. The molecule has 1 aromatic heterocycles. The average molecular weight is 286 g/mol. The molecule has 1 N–H and O–H groups in total. The van der Waals surface area contributed by atoms with Crippen molar-refractivity contribution in [3.8, 4) is 5.75 Å². The van der Waals surface area contributed by atoms with Crippen molar-refractivity contribution in [1.29, 1.82) is 0 Å². The zero-order valence-electron chi connectivity index (χ0n) is 12.2. The maximum Gasteiger partial charge on any atom is 0.257 e. The highest BCUT2D eigenvalue weighted by Crippen LogP contribution is 2.18. The molecule has 1 amide bonds. The van der Waals surface area contributed by atoms with Gasteiger partial charge in [-0.3, -0.25) is 9.59 Å². The Labute approximate surface area is 122 Å². The van der Waals surface area contributed by atoms with E-state index in [1.807, 2.05) is 19.1 Å². The average Bonchev–Trinajstić information content (AvgIpc) is 2.48. The van der Waals surface area contributed by atoms with E-state index in [0.29, 0.717) is 24.3 Å². The maximum absolute atomic E-state index is 12.5. The summed E-state index contributed by atoms with van der Waals surface area (Å²) in [7, 11) is 1.80. The van der Waals surface area contributed by atoms with Gasteiger partial charge in [0.05, 0.1) is 17.5 Å². The molecule has 110 valence electrons. The molecular weight excluding hydrogens is 268 g/mol. The molecule has 1 heterocycles. The van der Waals surface area contributed by atoms with E-state index >= 15 is 0 Å². The van der Waals surface area contributed by atoms with Crippen LogP contribution in [0.4, 0.5) is 0 Å². The molecule has 2 aromatic rings. The molecule has 0 bridgehead atoms. The van der Waals surface area contributed by atoms with Crippen LogP contribution in [0.1, 0.15) is 17.3 Å². The van der Waals surface area contributed by atoms with Crippen LogP contribution < -0.4 is 15.5 Å². The molecule has 0 aliphatic heterocycles. The zero-order chi connectivity index (χ0) is 15.4. The van der Waals surface area contributed by atoms with Gasteiger partial charge in [-0.2, -0.15) is 0 Å². The van der Waals surface area contributed by atoms with Crippen molar-refractivity contribution in [2.24, 2.45) is 7.05 Å². The number of hydrogen-bond acceptors (Lipinski definition) is 3. The van der Waals surface area contributed by atoms with Crippen molar-refractivity contribution in [3.63, 3.8) is 0 Å². The molecule has 0 saturated heterocycles. The van der Waals surface area contributed by atoms with Crippen molar-refractivity contribution in [1.82, 2.24) is 9.88 Å². The van der Waals surface area contributed by atoms with Crippen LogP contribution in [0.2, 0.25) is 0 Å². The van der Waals surface area contributed by atoms with Crippen molar-refractivity contribution >= 4 is 16.8 Å². The van der Waals surface area contributed by atoms with Gasteiger partial charge in [0.1, 0.15) is 11.3 Å². The van der Waals surface area contributed by atoms with E-state index in [9.17, 15) is 9.59 Å². The van der Waals surface area contributed by atoms with E-state index < -0.39 is 5.91 Å². The minimum Gasteiger partial charge on any atom is -0.494 e. The Morgan fingerprint density at radius 3 is 2.90 bits per heavy atom. The number of amides is 1. The molecule has 0 atom stereocenters. The predicted molar refractivity (Wildman–Crippen MR) is 82.9 cm³/mol. The molecule has 0 fully saturated rings. The Balaban J connectivity index is 2.58. The minimum absolute atomic E-state index is 0.112. The third-order valence-electron chi connectivity index (χ3n) is 3.12. The number of carbonyl (C=O) groups is 1. The van der Waals surface area contributed by atoms with E-state index in [0.717, 1.165) is 5.52 Å². The van der Waals surface area contributed by atoms with Crippen LogP contribution in [0.5, 0.6) is 5.75 Å². The van der Waals surface area contributed by atoms with E-state index in [1.165, 1.54) is 0 Å². The summed E-state index contributed by atoms with van der Waals surface area (Å²) in [6, 6.07) is 5.29. The number of nitrogens with zero attached hydrogens (tertiary/aromatic N) is 1. The predicted octanol–water partition coefficient (Wildman–Crippen LogP) is 1.85. The lowest BCUT2D eigenvalue weighted by molar-refractivity contribution is 0.0956. The Bertz CT molecular complexity index is 747. The zero-order valence-corrected chi connectivity index (χ0v) is 12.2. The van der Waals surface area contributed by atoms with E-state index in [4.69, 9.17) is 4.74 Å². The second-order valence-corrected chi connectivity index (χ2v) is 4.59. The van der Waals surface area contributed by atoms with Crippen LogP contribution in [-0.2, 0) is 7.05 Å². The molecule has 1 aromatic carbocycles. The lowest BCUT2D eigenvalue weighted by Gasteiger charge is -2.10. The Hall–Kier alpha value is -2.56. The van der Waals surface area contributed by atoms with Gasteiger partial charge in [0.2, 0.25) is 5.43 Å². The summed E-state index contributed by atoms with van der Waals surface area (Å²) < 4.78 is 7.17. The summed E-state index contributed by atoms with van der Waals surface area (Å²) in [4.78, 5) is 24.5. The van der Waals surface area contributed by atoms with Crippen molar-refractivity contribution < 1.29 is 9.53 Å². The fourth-order valence-electron chi connectivity index (χ4n) is 2.15. The Morgan fingerprint density at radius 2 is 2.24 bits per heavy atom. The lowest BCUT2D eigenvalue weighted by Crippen LogP contribution is -2.29. The van der Waals surface area contributed by atoms with Gasteiger partial charge >= 0.3 is 0 Å². The largest absolute Gasteiger partial charge is 0.494 e. The quantitative estimate of drug-likeness (QED) is 0.853. The van der Waals surface area contributed by atoms with Gasteiger partial charge in [0, 0.05) is 19.8 Å². The van der Waals surface area contributed by atoms with Gasteiger partial charge in [0.25, 0.3) is 5.91 Å². The second kappa shape index (κ2) is 6.26. The number of nitrogens with one attached hydrogen (secondary N) is 1. The molecule has 5 nitrogen and oxygen atoms in total. The van der Waals surface area contributed by atoms with Gasteiger partial charge in [-0.25, -0.2) is 0 Å². The molecule has 0 spiro atoms. The third kappa shape index (κ3) is 2.97. The number of aryl methyl sites for hydroxylation is 1. The van der Waals surface area contributed by atoms with Gasteiger partial charge in [-0.1, -0.05) is 6.08 Å². The highest BCUT2D eigenvalue weighted by atomic mass is 16.5. The first-order valence-electron chi connectivity index (χ1n) is 6.73. The van der Waals surface area contributed by atoms with Crippen LogP contribution >= 0.6 is 0 Å². The van der Waals surface area contributed by atoms with Crippen molar-refractivity contribution in [3.05, 3.63) is 52.8 Å². The first-order valence-corrected chi connectivity index (χ1v) is 6.73. The summed E-state index contributed by atoms with van der Waals surface area (Å²) in [5.74, 6) is 0.213. The number of aromatic nitrogens is 1. The monoisotopic (exact) mass is 286 g/mol. The Morgan fingerprint density at radius 1 is 1.48 bits per heavy atom. The summed E-state index contributed by atoms with van der Waals surface area (Å²) in [6.07, 6.45) is 3.11. The van der Waals surface area contributed by atoms with E-state index in [2.05, 4.69) is 11.9 Å². The number of pyridine rings is 1. The first kappa shape index (κ1) is 14.8. The SMILES string of the molecule is C=CCNC(=O)c1cn(C)c2ccc(OCC)cc2c1=O. The number of fused-ring (bicyclic) bond motifs is 1. The molecular formula is C16H18N2O3. The smallest absolute Gasteiger partial charge is 0.257 e. The molecule has 0 aliphatic rings. The molecule has 0 unspecified atom stereocenters. The lowest BCUT2D eigenvalue weighted by atomic mass is 10.1. The number of hydrogen-bond donors (Lipinski definition) is 1. The molecule has 0 saturated carbocycles. The fourth-order valence-corrected chi connectivity index (χ4v) is 2.15. The number of ether oxygens (including phenoxy) is 1. The van der Waals surface area contributed by atoms with Gasteiger partial charge in [-0.15, -0.1) is 6.58 Å². The van der Waals surface area contributed by atoms with Crippen LogP contribution in [0, 0.1) is 0 Å².